The molecular formula is C19H29N3O4. The van der Waals surface area contributed by atoms with Gasteiger partial charge >= 0.3 is 12.0 Å². The zero-order chi connectivity index (χ0) is 19.5. The number of rotatable bonds is 9. The summed E-state index contributed by atoms with van der Waals surface area (Å²) in [6.45, 7) is 9.92. The van der Waals surface area contributed by atoms with Crippen LogP contribution in [0, 0.1) is 5.92 Å². The topological polar surface area (TPSA) is 87.7 Å². The van der Waals surface area contributed by atoms with E-state index in [1.807, 2.05) is 26.0 Å². The summed E-state index contributed by atoms with van der Waals surface area (Å²) in [5.74, 6) is -0.813. The Balaban J connectivity index is 2.41. The van der Waals surface area contributed by atoms with Crippen molar-refractivity contribution >= 4 is 23.6 Å². The summed E-state index contributed by atoms with van der Waals surface area (Å²) in [7, 11) is 0. The lowest BCUT2D eigenvalue weighted by Gasteiger charge is -2.20. The Hall–Kier alpha value is -2.57. The SMILES string of the molecule is CCN(CC)c1ccc(C(=O)OCC(=O)NC(=O)NCCC(C)C)cc1. The van der Waals surface area contributed by atoms with Crippen LogP contribution < -0.4 is 15.5 Å². The van der Waals surface area contributed by atoms with Crippen molar-refractivity contribution in [1.82, 2.24) is 10.6 Å². The molecule has 0 heterocycles. The van der Waals surface area contributed by atoms with E-state index >= 15 is 0 Å². The van der Waals surface area contributed by atoms with Crippen LogP contribution in [0.15, 0.2) is 24.3 Å². The summed E-state index contributed by atoms with van der Waals surface area (Å²) < 4.78 is 4.94. The van der Waals surface area contributed by atoms with Crippen molar-refractivity contribution in [2.45, 2.75) is 34.1 Å². The number of amides is 3. The summed E-state index contributed by atoms with van der Waals surface area (Å²) in [6, 6.07) is 6.41. The second-order valence-corrected chi connectivity index (χ2v) is 6.28. The lowest BCUT2D eigenvalue weighted by Crippen LogP contribution is -2.41. The van der Waals surface area contributed by atoms with Gasteiger partial charge in [0, 0.05) is 25.3 Å². The van der Waals surface area contributed by atoms with Gasteiger partial charge in [-0.05, 0) is 50.5 Å². The molecule has 1 aromatic carbocycles. The molecule has 0 fully saturated rings. The Morgan fingerprint density at radius 2 is 1.69 bits per heavy atom. The molecule has 1 aromatic rings. The third-order valence-corrected chi connectivity index (χ3v) is 3.83. The van der Waals surface area contributed by atoms with Gasteiger partial charge in [0.15, 0.2) is 6.61 Å². The number of esters is 1. The van der Waals surface area contributed by atoms with Crippen LogP contribution >= 0.6 is 0 Å². The molecule has 7 nitrogen and oxygen atoms in total. The first-order valence-electron chi connectivity index (χ1n) is 8.97. The molecule has 2 N–H and O–H groups in total. The van der Waals surface area contributed by atoms with Crippen LogP contribution in [0.25, 0.3) is 0 Å². The zero-order valence-electron chi connectivity index (χ0n) is 16.0. The van der Waals surface area contributed by atoms with Gasteiger partial charge in [-0.2, -0.15) is 0 Å². The highest BCUT2D eigenvalue weighted by molar-refractivity contribution is 5.97. The van der Waals surface area contributed by atoms with E-state index in [4.69, 9.17) is 4.74 Å². The summed E-state index contributed by atoms with van der Waals surface area (Å²) in [5.41, 5.74) is 1.37. The number of carbonyl (C=O) groups is 3. The number of benzene rings is 1. The Bertz CT molecular complexity index is 595. The molecular weight excluding hydrogens is 334 g/mol. The average molecular weight is 363 g/mol. The van der Waals surface area contributed by atoms with Gasteiger partial charge in [0.05, 0.1) is 5.56 Å². The monoisotopic (exact) mass is 363 g/mol. The summed E-state index contributed by atoms with van der Waals surface area (Å²) >= 11 is 0. The third-order valence-electron chi connectivity index (χ3n) is 3.83. The molecule has 3 amide bonds. The Labute approximate surface area is 155 Å². The van der Waals surface area contributed by atoms with Crippen molar-refractivity contribution < 1.29 is 19.1 Å². The molecule has 0 unspecified atom stereocenters. The van der Waals surface area contributed by atoms with E-state index in [0.29, 0.717) is 18.0 Å². The highest BCUT2D eigenvalue weighted by Crippen LogP contribution is 2.15. The molecule has 0 atom stereocenters. The number of anilines is 1. The lowest BCUT2D eigenvalue weighted by molar-refractivity contribution is -0.123. The number of imide groups is 1. The molecule has 0 aliphatic rings. The molecule has 0 bridgehead atoms. The lowest BCUT2D eigenvalue weighted by atomic mass is 10.1. The van der Waals surface area contributed by atoms with Crippen molar-refractivity contribution in [3.63, 3.8) is 0 Å². The van der Waals surface area contributed by atoms with E-state index in [0.717, 1.165) is 25.2 Å². The minimum absolute atomic E-state index is 0.357. The van der Waals surface area contributed by atoms with Crippen LogP contribution in [0.4, 0.5) is 10.5 Å². The minimum atomic E-state index is -0.667. The quantitative estimate of drug-likeness (QED) is 0.659. The molecule has 7 heteroatoms. The molecule has 144 valence electrons. The first kappa shape index (κ1) is 21.5. The van der Waals surface area contributed by atoms with E-state index in [-0.39, 0.29) is 0 Å². The van der Waals surface area contributed by atoms with Crippen LogP contribution in [0.1, 0.15) is 44.5 Å². The first-order chi connectivity index (χ1) is 12.4. The fourth-order valence-electron chi connectivity index (χ4n) is 2.29. The van der Waals surface area contributed by atoms with Gasteiger partial charge in [-0.15, -0.1) is 0 Å². The highest BCUT2D eigenvalue weighted by atomic mass is 16.5. The Kier molecular flexibility index (Phi) is 9.19. The number of ether oxygens (including phenoxy) is 1. The number of urea groups is 1. The maximum Gasteiger partial charge on any atom is 0.338 e. The van der Waals surface area contributed by atoms with Crippen molar-refractivity contribution in [3.05, 3.63) is 29.8 Å². The minimum Gasteiger partial charge on any atom is -0.452 e. The van der Waals surface area contributed by atoms with Gasteiger partial charge in [0.2, 0.25) is 0 Å². The van der Waals surface area contributed by atoms with E-state index in [1.165, 1.54) is 0 Å². The van der Waals surface area contributed by atoms with Gasteiger partial charge in [-0.3, -0.25) is 10.1 Å². The van der Waals surface area contributed by atoms with Crippen LogP contribution in [0.5, 0.6) is 0 Å². The maximum atomic E-state index is 12.0. The van der Waals surface area contributed by atoms with E-state index in [1.54, 1.807) is 12.1 Å². The standard InChI is InChI=1S/C19H29N3O4/c1-5-22(6-2)16-9-7-15(8-10-16)18(24)26-13-17(23)21-19(25)20-12-11-14(3)4/h7-10,14H,5-6,11-13H2,1-4H3,(H2,20,21,23,25). The Morgan fingerprint density at radius 1 is 1.08 bits per heavy atom. The summed E-state index contributed by atoms with van der Waals surface area (Å²) in [6.07, 6.45) is 0.820. The highest BCUT2D eigenvalue weighted by Gasteiger charge is 2.13. The number of nitrogens with one attached hydrogen (secondary N) is 2. The van der Waals surface area contributed by atoms with Gasteiger partial charge in [0.25, 0.3) is 5.91 Å². The van der Waals surface area contributed by atoms with E-state index in [2.05, 4.69) is 29.4 Å². The van der Waals surface area contributed by atoms with E-state index in [9.17, 15) is 14.4 Å². The molecule has 26 heavy (non-hydrogen) atoms. The average Bonchev–Trinajstić information content (AvgIpc) is 2.61. The zero-order valence-corrected chi connectivity index (χ0v) is 16.0. The number of carbonyl (C=O) groups excluding carboxylic acids is 3. The van der Waals surface area contributed by atoms with E-state index < -0.39 is 24.5 Å². The van der Waals surface area contributed by atoms with Gasteiger partial charge < -0.3 is 15.0 Å². The second-order valence-electron chi connectivity index (χ2n) is 6.28. The molecule has 0 radical (unpaired) electrons. The Morgan fingerprint density at radius 3 is 2.23 bits per heavy atom. The van der Waals surface area contributed by atoms with Crippen LogP contribution in [0.3, 0.4) is 0 Å². The first-order valence-corrected chi connectivity index (χ1v) is 8.97. The number of hydrogen-bond acceptors (Lipinski definition) is 5. The maximum absolute atomic E-state index is 12.0. The number of nitrogens with zero attached hydrogens (tertiary/aromatic N) is 1. The van der Waals surface area contributed by atoms with Crippen molar-refractivity contribution in [2.24, 2.45) is 5.92 Å². The van der Waals surface area contributed by atoms with Crippen LogP contribution in [0.2, 0.25) is 0 Å². The molecule has 0 spiro atoms. The van der Waals surface area contributed by atoms with Crippen molar-refractivity contribution in [1.29, 1.82) is 0 Å². The normalized spacial score (nSPS) is 10.3. The summed E-state index contributed by atoms with van der Waals surface area (Å²) in [5, 5.41) is 4.70. The molecule has 1 rings (SSSR count). The molecule has 0 saturated heterocycles. The van der Waals surface area contributed by atoms with Crippen molar-refractivity contribution in [3.8, 4) is 0 Å². The largest absolute Gasteiger partial charge is 0.452 e. The smallest absolute Gasteiger partial charge is 0.338 e. The fraction of sp³-hybridized carbons (Fsp3) is 0.526. The fourth-order valence-corrected chi connectivity index (χ4v) is 2.29. The van der Waals surface area contributed by atoms with Crippen molar-refractivity contribution in [2.75, 3.05) is 31.1 Å². The predicted molar refractivity (Wildman–Crippen MR) is 101 cm³/mol. The van der Waals surface area contributed by atoms with Crippen LogP contribution in [-0.2, 0) is 9.53 Å². The third kappa shape index (κ3) is 7.55. The summed E-state index contributed by atoms with van der Waals surface area (Å²) in [4.78, 5) is 37.3. The van der Waals surface area contributed by atoms with Crippen LogP contribution in [-0.4, -0.2) is 44.1 Å². The van der Waals surface area contributed by atoms with Gasteiger partial charge in [0.1, 0.15) is 0 Å². The molecule has 0 saturated carbocycles. The second kappa shape index (κ2) is 11.1. The van der Waals surface area contributed by atoms with Gasteiger partial charge in [-0.25, -0.2) is 9.59 Å². The van der Waals surface area contributed by atoms with Gasteiger partial charge in [-0.1, -0.05) is 13.8 Å². The number of hydrogen-bond donors (Lipinski definition) is 2. The predicted octanol–water partition coefficient (Wildman–Crippen LogP) is 2.56. The molecule has 0 aromatic heterocycles. The molecule has 0 aliphatic carbocycles. The molecule has 0 aliphatic heterocycles.